The zero-order valence-electron chi connectivity index (χ0n) is 16.9. The summed E-state index contributed by atoms with van der Waals surface area (Å²) in [6.45, 7) is 0.711. The summed E-state index contributed by atoms with van der Waals surface area (Å²) in [5.74, 6) is -0.0700. The van der Waals surface area contributed by atoms with Gasteiger partial charge in [0.25, 0.3) is 5.56 Å². The van der Waals surface area contributed by atoms with E-state index in [9.17, 15) is 14.9 Å². The molecule has 0 aliphatic carbocycles. The van der Waals surface area contributed by atoms with Crippen LogP contribution in [0.4, 0.5) is 0 Å². The van der Waals surface area contributed by atoms with Gasteiger partial charge in [0.15, 0.2) is 0 Å². The third-order valence-electron chi connectivity index (χ3n) is 5.97. The quantitative estimate of drug-likeness (QED) is 0.466. The molecule has 7 nitrogen and oxygen atoms in total. The fourth-order valence-corrected chi connectivity index (χ4v) is 5.71. The summed E-state index contributed by atoms with van der Waals surface area (Å²) in [6, 6.07) is 9.41. The van der Waals surface area contributed by atoms with E-state index in [1.54, 1.807) is 29.1 Å². The fraction of sp³-hybridized carbons (Fsp3) is 0.273. The van der Waals surface area contributed by atoms with Gasteiger partial charge >= 0.3 is 5.69 Å². The first-order chi connectivity index (χ1) is 14.9. The van der Waals surface area contributed by atoms with E-state index in [2.05, 4.69) is 15.6 Å². The van der Waals surface area contributed by atoms with Crippen molar-refractivity contribution in [2.45, 2.75) is 25.3 Å². The second-order valence-electron chi connectivity index (χ2n) is 7.71. The SMILES string of the molecule is Cn1c(=O)c2c(-c3cccc(C#N)c3)n3c(c2n(C)c1=O)C(c1nc(Cl)cs1)CCC3. The third-order valence-corrected chi connectivity index (χ3v) is 7.25. The highest BCUT2D eigenvalue weighted by molar-refractivity contribution is 7.10. The smallest absolute Gasteiger partial charge is 0.331 e. The molecule has 0 bridgehead atoms. The normalized spacial score (nSPS) is 15.7. The second-order valence-corrected chi connectivity index (χ2v) is 8.99. The topological polar surface area (TPSA) is 85.6 Å². The van der Waals surface area contributed by atoms with Gasteiger partial charge in [-0.25, -0.2) is 9.78 Å². The van der Waals surface area contributed by atoms with Crippen LogP contribution in [0.5, 0.6) is 0 Å². The van der Waals surface area contributed by atoms with Crippen molar-refractivity contribution < 1.29 is 0 Å². The van der Waals surface area contributed by atoms with Crippen molar-refractivity contribution in [2.75, 3.05) is 0 Å². The van der Waals surface area contributed by atoms with Gasteiger partial charge in [-0.1, -0.05) is 23.7 Å². The number of hydrogen-bond acceptors (Lipinski definition) is 5. The molecule has 1 aliphatic rings. The number of hydrogen-bond donors (Lipinski definition) is 0. The van der Waals surface area contributed by atoms with Gasteiger partial charge in [0.2, 0.25) is 0 Å². The van der Waals surface area contributed by atoms with E-state index >= 15 is 0 Å². The van der Waals surface area contributed by atoms with E-state index in [0.717, 1.165) is 39.4 Å². The van der Waals surface area contributed by atoms with Crippen LogP contribution in [0.15, 0.2) is 39.2 Å². The Hall–Kier alpha value is -3.15. The van der Waals surface area contributed by atoms with Crippen LogP contribution in [0.3, 0.4) is 0 Å². The largest absolute Gasteiger partial charge is 0.341 e. The molecular formula is C22H18ClN5O2S. The number of benzene rings is 1. The van der Waals surface area contributed by atoms with Crippen molar-refractivity contribution in [2.24, 2.45) is 14.1 Å². The molecule has 5 rings (SSSR count). The van der Waals surface area contributed by atoms with Crippen LogP contribution in [0, 0.1) is 11.3 Å². The monoisotopic (exact) mass is 451 g/mol. The predicted molar refractivity (Wildman–Crippen MR) is 121 cm³/mol. The van der Waals surface area contributed by atoms with Gasteiger partial charge < -0.3 is 4.57 Å². The molecule has 1 aromatic carbocycles. The molecular weight excluding hydrogens is 434 g/mol. The lowest BCUT2D eigenvalue weighted by Gasteiger charge is -2.25. The summed E-state index contributed by atoms with van der Waals surface area (Å²) in [6.07, 6.45) is 1.75. The maximum absolute atomic E-state index is 13.4. The highest BCUT2D eigenvalue weighted by Crippen LogP contribution is 2.43. The first-order valence-corrected chi connectivity index (χ1v) is 11.1. The molecule has 1 aliphatic heterocycles. The lowest BCUT2D eigenvalue weighted by atomic mass is 9.96. The van der Waals surface area contributed by atoms with Crippen molar-refractivity contribution in [1.82, 2.24) is 18.7 Å². The number of aromatic nitrogens is 4. The van der Waals surface area contributed by atoms with Gasteiger partial charge in [0.05, 0.1) is 39.8 Å². The van der Waals surface area contributed by atoms with Crippen molar-refractivity contribution in [3.63, 3.8) is 0 Å². The van der Waals surface area contributed by atoms with Crippen molar-refractivity contribution in [3.8, 4) is 17.3 Å². The van der Waals surface area contributed by atoms with Crippen LogP contribution < -0.4 is 11.2 Å². The second kappa shape index (κ2) is 7.22. The van der Waals surface area contributed by atoms with Crippen LogP contribution in [-0.4, -0.2) is 18.7 Å². The van der Waals surface area contributed by atoms with Crippen molar-refractivity contribution in [3.05, 3.63) is 71.9 Å². The van der Waals surface area contributed by atoms with Crippen molar-refractivity contribution >= 4 is 33.8 Å². The lowest BCUT2D eigenvalue weighted by molar-refractivity contribution is 0.495. The van der Waals surface area contributed by atoms with E-state index < -0.39 is 0 Å². The summed E-state index contributed by atoms with van der Waals surface area (Å²) in [5, 5.41) is 13.0. The Kier molecular flexibility index (Phi) is 4.61. The van der Waals surface area contributed by atoms with Gasteiger partial charge in [0.1, 0.15) is 10.2 Å². The van der Waals surface area contributed by atoms with Gasteiger partial charge in [0, 0.05) is 31.6 Å². The molecule has 0 saturated heterocycles. The number of nitriles is 1. The lowest BCUT2D eigenvalue weighted by Crippen LogP contribution is -2.37. The molecule has 0 radical (unpaired) electrons. The number of aryl methyl sites for hydroxylation is 1. The molecule has 0 spiro atoms. The Morgan fingerprint density at radius 2 is 2.06 bits per heavy atom. The number of nitrogens with zero attached hydrogens (tertiary/aromatic N) is 5. The molecule has 0 amide bonds. The molecule has 0 saturated carbocycles. The van der Waals surface area contributed by atoms with Gasteiger partial charge in [-0.05, 0) is 25.0 Å². The predicted octanol–water partition coefficient (Wildman–Crippen LogP) is 3.61. The van der Waals surface area contributed by atoms with Crippen LogP contribution in [0.25, 0.3) is 22.2 Å². The zero-order chi connectivity index (χ0) is 21.9. The average molecular weight is 452 g/mol. The maximum atomic E-state index is 13.4. The Morgan fingerprint density at radius 3 is 2.77 bits per heavy atom. The van der Waals surface area contributed by atoms with Crippen LogP contribution in [-0.2, 0) is 20.6 Å². The summed E-state index contributed by atoms with van der Waals surface area (Å²) in [5.41, 5.74) is 2.86. The van der Waals surface area contributed by atoms with E-state index in [1.165, 1.54) is 18.4 Å². The standard InChI is InChI=1S/C22H18ClN5O2S/c1-26-19-16(21(29)27(2)22(26)30)17(13-6-3-5-12(9-13)10-24)28-8-4-7-14(18(19)28)20-25-15(23)11-31-20/h3,5-6,9,11,14H,4,7-8H2,1-2H3. The molecule has 4 aromatic rings. The number of rotatable bonds is 2. The van der Waals surface area contributed by atoms with Gasteiger partial charge in [-0.15, -0.1) is 11.3 Å². The Bertz CT molecular complexity index is 1520. The summed E-state index contributed by atoms with van der Waals surface area (Å²) < 4.78 is 4.82. The highest BCUT2D eigenvalue weighted by Gasteiger charge is 2.33. The molecule has 0 N–H and O–H groups in total. The van der Waals surface area contributed by atoms with Crippen LogP contribution in [0.2, 0.25) is 5.15 Å². The molecule has 3 aromatic heterocycles. The highest BCUT2D eigenvalue weighted by atomic mass is 35.5. The Labute approximate surface area is 186 Å². The number of halogens is 1. The van der Waals surface area contributed by atoms with Crippen LogP contribution in [0.1, 0.15) is 35.0 Å². The Balaban J connectivity index is 1.96. The summed E-state index contributed by atoms with van der Waals surface area (Å²) >= 11 is 7.60. The van der Waals surface area contributed by atoms with Gasteiger partial charge in [-0.2, -0.15) is 5.26 Å². The molecule has 156 valence electrons. The van der Waals surface area contributed by atoms with E-state index in [0.29, 0.717) is 28.2 Å². The summed E-state index contributed by atoms with van der Waals surface area (Å²) in [4.78, 5) is 30.7. The molecule has 4 heterocycles. The maximum Gasteiger partial charge on any atom is 0.331 e. The first-order valence-electron chi connectivity index (χ1n) is 9.86. The number of fused-ring (bicyclic) bond motifs is 3. The van der Waals surface area contributed by atoms with Gasteiger partial charge in [-0.3, -0.25) is 13.9 Å². The van der Waals surface area contributed by atoms with Crippen molar-refractivity contribution in [1.29, 1.82) is 5.26 Å². The third kappa shape index (κ3) is 2.88. The summed E-state index contributed by atoms with van der Waals surface area (Å²) in [7, 11) is 3.19. The Morgan fingerprint density at radius 1 is 1.26 bits per heavy atom. The molecule has 1 atom stereocenters. The minimum atomic E-state index is -0.371. The van der Waals surface area contributed by atoms with Crippen LogP contribution >= 0.6 is 22.9 Å². The first kappa shape index (κ1) is 19.8. The minimum Gasteiger partial charge on any atom is -0.341 e. The minimum absolute atomic E-state index is 0.0700. The molecule has 31 heavy (non-hydrogen) atoms. The molecule has 1 unspecified atom stereocenters. The van der Waals surface area contributed by atoms with E-state index in [1.807, 2.05) is 12.1 Å². The van der Waals surface area contributed by atoms with E-state index in [-0.39, 0.29) is 17.2 Å². The molecule has 9 heteroatoms. The molecule has 0 fully saturated rings. The average Bonchev–Trinajstić information content (AvgIpc) is 3.37. The van der Waals surface area contributed by atoms with E-state index in [4.69, 9.17) is 11.6 Å². The fourth-order valence-electron chi connectivity index (χ4n) is 4.62. The zero-order valence-corrected chi connectivity index (χ0v) is 18.5. The number of thiazole rings is 1.